The standard InChI is InChI=1S/C12H16BrFN2O/c1-4-16(3)12(17)7-15-11-6-9(13)10(14)5-8(11)2/h5-6,15H,4,7H2,1-3H3. The van der Waals surface area contributed by atoms with E-state index in [2.05, 4.69) is 21.2 Å². The van der Waals surface area contributed by atoms with Gasteiger partial charge in [0.15, 0.2) is 0 Å². The zero-order valence-corrected chi connectivity index (χ0v) is 11.8. The van der Waals surface area contributed by atoms with Crippen LogP contribution in [0.5, 0.6) is 0 Å². The molecular formula is C12H16BrFN2O. The van der Waals surface area contributed by atoms with Gasteiger partial charge in [0.1, 0.15) is 5.82 Å². The van der Waals surface area contributed by atoms with E-state index in [1.54, 1.807) is 24.9 Å². The number of likely N-dealkylation sites (N-methyl/N-ethyl adjacent to an activating group) is 1. The van der Waals surface area contributed by atoms with Crippen LogP contribution in [0.15, 0.2) is 16.6 Å². The molecule has 0 bridgehead atoms. The molecule has 0 aromatic heterocycles. The first-order valence-electron chi connectivity index (χ1n) is 5.39. The molecular weight excluding hydrogens is 287 g/mol. The molecule has 0 aliphatic rings. The number of hydrogen-bond acceptors (Lipinski definition) is 2. The molecule has 0 aliphatic carbocycles. The van der Waals surface area contributed by atoms with Gasteiger partial charge in [-0.3, -0.25) is 4.79 Å². The molecule has 3 nitrogen and oxygen atoms in total. The fraction of sp³-hybridized carbons (Fsp3) is 0.417. The molecule has 1 N–H and O–H groups in total. The molecule has 0 unspecified atom stereocenters. The second kappa shape index (κ2) is 6.00. The maximum absolute atomic E-state index is 13.2. The summed E-state index contributed by atoms with van der Waals surface area (Å²) in [5.74, 6) is -0.294. The van der Waals surface area contributed by atoms with Crippen LogP contribution in [0, 0.1) is 12.7 Å². The Kier molecular flexibility index (Phi) is 4.93. The minimum atomic E-state index is -0.301. The Hall–Kier alpha value is -1.10. The lowest BCUT2D eigenvalue weighted by atomic mass is 10.2. The van der Waals surface area contributed by atoms with Crippen molar-refractivity contribution >= 4 is 27.5 Å². The van der Waals surface area contributed by atoms with Crippen molar-refractivity contribution in [1.82, 2.24) is 4.90 Å². The van der Waals surface area contributed by atoms with Gasteiger partial charge in [0.2, 0.25) is 5.91 Å². The average molecular weight is 303 g/mol. The van der Waals surface area contributed by atoms with E-state index >= 15 is 0 Å². The van der Waals surface area contributed by atoms with Crippen molar-refractivity contribution in [3.8, 4) is 0 Å². The molecule has 0 saturated carbocycles. The summed E-state index contributed by atoms with van der Waals surface area (Å²) in [5, 5.41) is 3.01. The third kappa shape index (κ3) is 3.70. The van der Waals surface area contributed by atoms with E-state index in [1.807, 2.05) is 6.92 Å². The topological polar surface area (TPSA) is 32.3 Å². The lowest BCUT2D eigenvalue weighted by Crippen LogP contribution is -2.32. The average Bonchev–Trinajstić information content (AvgIpc) is 2.30. The summed E-state index contributed by atoms with van der Waals surface area (Å²) in [6, 6.07) is 3.07. The van der Waals surface area contributed by atoms with E-state index in [0.717, 1.165) is 11.3 Å². The zero-order valence-electron chi connectivity index (χ0n) is 10.2. The van der Waals surface area contributed by atoms with Gasteiger partial charge in [0.25, 0.3) is 0 Å². The maximum atomic E-state index is 13.2. The minimum Gasteiger partial charge on any atom is -0.376 e. The van der Waals surface area contributed by atoms with Gasteiger partial charge in [0.05, 0.1) is 11.0 Å². The summed E-state index contributed by atoms with van der Waals surface area (Å²) >= 11 is 3.12. The van der Waals surface area contributed by atoms with Crippen LogP contribution in [-0.2, 0) is 4.79 Å². The van der Waals surface area contributed by atoms with Crippen LogP contribution in [0.3, 0.4) is 0 Å². The molecule has 1 rings (SSSR count). The number of hydrogen-bond donors (Lipinski definition) is 1. The number of carbonyl (C=O) groups excluding carboxylic acids is 1. The number of amides is 1. The number of aryl methyl sites for hydroxylation is 1. The normalized spacial score (nSPS) is 10.2. The van der Waals surface area contributed by atoms with E-state index in [9.17, 15) is 9.18 Å². The monoisotopic (exact) mass is 302 g/mol. The van der Waals surface area contributed by atoms with Gasteiger partial charge in [-0.1, -0.05) is 0 Å². The predicted molar refractivity (Wildman–Crippen MR) is 70.6 cm³/mol. The molecule has 0 atom stereocenters. The number of anilines is 1. The van der Waals surface area contributed by atoms with Crippen molar-refractivity contribution in [3.05, 3.63) is 28.0 Å². The fourth-order valence-electron chi connectivity index (χ4n) is 1.32. The molecule has 94 valence electrons. The van der Waals surface area contributed by atoms with Crippen molar-refractivity contribution in [3.63, 3.8) is 0 Å². The molecule has 0 fully saturated rings. The third-order valence-electron chi connectivity index (χ3n) is 2.60. The summed E-state index contributed by atoms with van der Waals surface area (Å²) < 4.78 is 13.6. The van der Waals surface area contributed by atoms with Gasteiger partial charge in [-0.05, 0) is 47.5 Å². The Labute approximate surface area is 109 Å². The highest BCUT2D eigenvalue weighted by Crippen LogP contribution is 2.23. The maximum Gasteiger partial charge on any atom is 0.241 e. The van der Waals surface area contributed by atoms with Gasteiger partial charge in [-0.2, -0.15) is 0 Å². The zero-order chi connectivity index (χ0) is 13.0. The number of halogens is 2. The van der Waals surface area contributed by atoms with Gasteiger partial charge in [-0.25, -0.2) is 4.39 Å². The van der Waals surface area contributed by atoms with E-state index in [-0.39, 0.29) is 18.3 Å². The number of nitrogens with zero attached hydrogens (tertiary/aromatic N) is 1. The summed E-state index contributed by atoms with van der Waals surface area (Å²) in [7, 11) is 1.75. The largest absolute Gasteiger partial charge is 0.376 e. The molecule has 17 heavy (non-hydrogen) atoms. The second-order valence-electron chi connectivity index (χ2n) is 3.84. The Morgan fingerprint density at radius 2 is 2.18 bits per heavy atom. The molecule has 1 aromatic carbocycles. The van der Waals surface area contributed by atoms with Crippen molar-refractivity contribution in [2.24, 2.45) is 0 Å². The quantitative estimate of drug-likeness (QED) is 0.927. The molecule has 0 aliphatic heterocycles. The van der Waals surface area contributed by atoms with Crippen LogP contribution in [-0.4, -0.2) is 30.9 Å². The second-order valence-corrected chi connectivity index (χ2v) is 4.70. The molecule has 1 amide bonds. The minimum absolute atomic E-state index is 0.00680. The molecule has 1 aromatic rings. The van der Waals surface area contributed by atoms with Crippen LogP contribution in [0.1, 0.15) is 12.5 Å². The van der Waals surface area contributed by atoms with Crippen molar-refractivity contribution in [2.45, 2.75) is 13.8 Å². The highest BCUT2D eigenvalue weighted by atomic mass is 79.9. The van der Waals surface area contributed by atoms with Gasteiger partial charge < -0.3 is 10.2 Å². The first kappa shape index (κ1) is 14.0. The highest BCUT2D eigenvalue weighted by molar-refractivity contribution is 9.10. The lowest BCUT2D eigenvalue weighted by Gasteiger charge is -2.16. The number of benzene rings is 1. The molecule has 5 heteroatoms. The van der Waals surface area contributed by atoms with E-state index in [0.29, 0.717) is 11.0 Å². The van der Waals surface area contributed by atoms with Crippen LogP contribution in [0.2, 0.25) is 0 Å². The van der Waals surface area contributed by atoms with E-state index < -0.39 is 0 Å². The molecule has 0 saturated heterocycles. The summed E-state index contributed by atoms with van der Waals surface area (Å²) in [4.78, 5) is 13.2. The first-order valence-corrected chi connectivity index (χ1v) is 6.18. The lowest BCUT2D eigenvalue weighted by molar-refractivity contribution is -0.127. The Bertz CT molecular complexity index is 423. The molecule has 0 radical (unpaired) electrons. The van der Waals surface area contributed by atoms with Crippen LogP contribution in [0.4, 0.5) is 10.1 Å². The highest BCUT2D eigenvalue weighted by Gasteiger charge is 2.09. The SMILES string of the molecule is CCN(C)C(=O)CNc1cc(Br)c(F)cc1C. The van der Waals surface area contributed by atoms with Crippen LogP contribution in [0.25, 0.3) is 0 Å². The van der Waals surface area contributed by atoms with Gasteiger partial charge >= 0.3 is 0 Å². The number of nitrogens with one attached hydrogen (secondary N) is 1. The molecule has 0 heterocycles. The number of carbonyl (C=O) groups is 1. The molecule has 0 spiro atoms. The van der Waals surface area contributed by atoms with Crippen LogP contribution < -0.4 is 5.32 Å². The Morgan fingerprint density at radius 3 is 2.76 bits per heavy atom. The van der Waals surface area contributed by atoms with E-state index in [4.69, 9.17) is 0 Å². The summed E-state index contributed by atoms with van der Waals surface area (Å²) in [6.07, 6.45) is 0. The first-order chi connectivity index (χ1) is 7.95. The summed E-state index contributed by atoms with van der Waals surface area (Å²) in [6.45, 7) is 4.60. The van der Waals surface area contributed by atoms with Crippen molar-refractivity contribution in [1.29, 1.82) is 0 Å². The van der Waals surface area contributed by atoms with E-state index in [1.165, 1.54) is 6.07 Å². The predicted octanol–water partition coefficient (Wildman–Crippen LogP) is 2.79. The smallest absolute Gasteiger partial charge is 0.241 e. The van der Waals surface area contributed by atoms with Crippen LogP contribution >= 0.6 is 15.9 Å². The Balaban J connectivity index is 2.70. The summed E-state index contributed by atoms with van der Waals surface area (Å²) in [5.41, 5.74) is 1.54. The van der Waals surface area contributed by atoms with Crippen molar-refractivity contribution < 1.29 is 9.18 Å². The van der Waals surface area contributed by atoms with Gasteiger partial charge in [0, 0.05) is 19.3 Å². The Morgan fingerprint density at radius 1 is 1.53 bits per heavy atom. The third-order valence-corrected chi connectivity index (χ3v) is 3.21. The van der Waals surface area contributed by atoms with Gasteiger partial charge in [-0.15, -0.1) is 0 Å². The fourth-order valence-corrected chi connectivity index (χ4v) is 1.66. The number of rotatable bonds is 4. The van der Waals surface area contributed by atoms with Crippen molar-refractivity contribution in [2.75, 3.05) is 25.5 Å².